The average molecular weight is 489 g/mol. The fourth-order valence-electron chi connectivity index (χ4n) is 3.49. The van der Waals surface area contributed by atoms with Gasteiger partial charge in [-0.25, -0.2) is 0 Å². The molecule has 0 atom stereocenters. The topological polar surface area (TPSA) is 48.1 Å². The summed E-state index contributed by atoms with van der Waals surface area (Å²) in [5.74, 6) is 3.06. The van der Waals surface area contributed by atoms with Gasteiger partial charge in [0.15, 0.2) is 5.96 Å². The monoisotopic (exact) mass is 489 g/mol. The molecule has 2 heterocycles. The van der Waals surface area contributed by atoms with Gasteiger partial charge in [0, 0.05) is 63.0 Å². The first-order valence-electron chi connectivity index (χ1n) is 9.31. The van der Waals surface area contributed by atoms with Crippen molar-refractivity contribution in [3.8, 4) is 0 Å². The first kappa shape index (κ1) is 21.6. The first-order valence-corrected chi connectivity index (χ1v) is 10.5. The molecule has 2 N–H and O–H groups in total. The number of benzene rings is 1. The normalized spacial score (nSPS) is 19.4. The van der Waals surface area contributed by atoms with Gasteiger partial charge in [-0.2, -0.15) is 11.8 Å². The molecule has 1 aromatic rings. The van der Waals surface area contributed by atoms with E-state index < -0.39 is 0 Å². The molecule has 0 unspecified atom stereocenters. The number of nitrogens with zero attached hydrogens (tertiary/aromatic N) is 4. The van der Waals surface area contributed by atoms with Gasteiger partial charge in [0.05, 0.1) is 6.54 Å². The van der Waals surface area contributed by atoms with Crippen LogP contribution in [0.25, 0.3) is 0 Å². The second kappa shape index (κ2) is 10.6. The minimum Gasteiger partial charge on any atom is -0.370 e. The molecule has 26 heavy (non-hydrogen) atoms. The molecule has 2 fully saturated rings. The summed E-state index contributed by atoms with van der Waals surface area (Å²) in [7, 11) is 0. The van der Waals surface area contributed by atoms with Crippen LogP contribution in [0.5, 0.6) is 0 Å². The van der Waals surface area contributed by atoms with Gasteiger partial charge in [-0.3, -0.25) is 9.89 Å². The Morgan fingerprint density at radius 3 is 2.46 bits per heavy atom. The highest BCUT2D eigenvalue weighted by atomic mass is 127. The Morgan fingerprint density at radius 1 is 1.08 bits per heavy atom. The van der Waals surface area contributed by atoms with Crippen molar-refractivity contribution in [2.24, 2.45) is 10.7 Å². The average Bonchev–Trinajstić information content (AvgIpc) is 2.65. The van der Waals surface area contributed by atoms with Crippen molar-refractivity contribution in [2.45, 2.75) is 13.8 Å². The van der Waals surface area contributed by atoms with Gasteiger partial charge in [0.1, 0.15) is 0 Å². The Labute approximate surface area is 179 Å². The van der Waals surface area contributed by atoms with E-state index in [1.54, 1.807) is 0 Å². The van der Waals surface area contributed by atoms with Gasteiger partial charge in [0.25, 0.3) is 0 Å². The van der Waals surface area contributed by atoms with Crippen molar-refractivity contribution < 1.29 is 0 Å². The summed E-state index contributed by atoms with van der Waals surface area (Å²) in [6.07, 6.45) is 0. The molecule has 2 aliphatic heterocycles. The third-order valence-electron chi connectivity index (χ3n) is 5.31. The van der Waals surface area contributed by atoms with Crippen molar-refractivity contribution >= 4 is 47.4 Å². The van der Waals surface area contributed by atoms with Crippen molar-refractivity contribution in [1.29, 1.82) is 0 Å². The van der Waals surface area contributed by atoms with Crippen LogP contribution in [0.15, 0.2) is 23.2 Å². The summed E-state index contributed by atoms with van der Waals surface area (Å²) >= 11 is 2.00. The van der Waals surface area contributed by atoms with Crippen LogP contribution in [0, 0.1) is 13.8 Å². The quantitative estimate of drug-likeness (QED) is 0.400. The summed E-state index contributed by atoms with van der Waals surface area (Å²) in [5.41, 5.74) is 10.3. The van der Waals surface area contributed by atoms with Gasteiger partial charge < -0.3 is 15.5 Å². The summed E-state index contributed by atoms with van der Waals surface area (Å²) < 4.78 is 0. The number of nitrogens with two attached hydrogens (primary N) is 1. The number of aryl methyl sites for hydroxylation is 1. The molecule has 0 aliphatic carbocycles. The van der Waals surface area contributed by atoms with E-state index in [1.165, 1.54) is 16.8 Å². The highest BCUT2D eigenvalue weighted by Crippen LogP contribution is 2.23. The highest BCUT2D eigenvalue weighted by Gasteiger charge is 2.18. The molecule has 3 rings (SSSR count). The van der Waals surface area contributed by atoms with E-state index in [4.69, 9.17) is 5.73 Å². The molecule has 0 aromatic heterocycles. The zero-order chi connectivity index (χ0) is 17.6. The zero-order valence-corrected chi connectivity index (χ0v) is 19.1. The van der Waals surface area contributed by atoms with E-state index in [9.17, 15) is 0 Å². The van der Waals surface area contributed by atoms with Crippen LogP contribution in [0.3, 0.4) is 0 Å². The summed E-state index contributed by atoms with van der Waals surface area (Å²) in [5, 5.41) is 0. The molecule has 7 heteroatoms. The van der Waals surface area contributed by atoms with Crippen molar-refractivity contribution in [2.75, 3.05) is 68.8 Å². The number of thioether (sulfide) groups is 1. The van der Waals surface area contributed by atoms with Crippen molar-refractivity contribution in [3.63, 3.8) is 0 Å². The third-order valence-corrected chi connectivity index (χ3v) is 6.26. The molecule has 0 spiro atoms. The Hall–Kier alpha value is -0.670. The predicted molar refractivity (Wildman–Crippen MR) is 125 cm³/mol. The Morgan fingerprint density at radius 2 is 1.77 bits per heavy atom. The number of halogens is 1. The van der Waals surface area contributed by atoms with E-state index >= 15 is 0 Å². The van der Waals surface area contributed by atoms with Gasteiger partial charge >= 0.3 is 0 Å². The maximum Gasteiger partial charge on any atom is 0.191 e. The lowest BCUT2D eigenvalue weighted by atomic mass is 10.1. The Bertz CT molecular complexity index is 596. The van der Waals surface area contributed by atoms with Crippen molar-refractivity contribution in [1.82, 2.24) is 9.80 Å². The number of anilines is 1. The maximum atomic E-state index is 6.13. The number of hydrogen-bond acceptors (Lipinski definition) is 4. The lowest BCUT2D eigenvalue weighted by molar-refractivity contribution is 0.264. The van der Waals surface area contributed by atoms with Crippen LogP contribution in [0.1, 0.15) is 11.1 Å². The molecule has 0 radical (unpaired) electrons. The standard InChI is InChI=1S/C19H31N5S.HI/c1-16-4-3-5-18(17(16)2)23-10-8-22(9-11-23)7-6-21-19(20)24-12-14-25-15-13-24;/h3-5H,6-15H2,1-2H3,(H2,20,21);1H. The number of aliphatic imine (C=N–C) groups is 1. The molecule has 146 valence electrons. The second-order valence-electron chi connectivity index (χ2n) is 6.89. The van der Waals surface area contributed by atoms with Crippen LogP contribution >= 0.6 is 35.7 Å². The molecule has 0 amide bonds. The van der Waals surface area contributed by atoms with Crippen LogP contribution in [0.4, 0.5) is 5.69 Å². The van der Waals surface area contributed by atoms with Crippen LogP contribution in [0.2, 0.25) is 0 Å². The number of piperazine rings is 1. The van der Waals surface area contributed by atoms with E-state index in [0.29, 0.717) is 0 Å². The van der Waals surface area contributed by atoms with Gasteiger partial charge in [-0.1, -0.05) is 12.1 Å². The van der Waals surface area contributed by atoms with E-state index in [2.05, 4.69) is 51.7 Å². The van der Waals surface area contributed by atoms with Gasteiger partial charge in [-0.05, 0) is 31.0 Å². The molecule has 2 aliphatic rings. The minimum absolute atomic E-state index is 0. The summed E-state index contributed by atoms with van der Waals surface area (Å²) in [4.78, 5) is 11.8. The minimum atomic E-state index is 0. The summed E-state index contributed by atoms with van der Waals surface area (Å²) in [6, 6.07) is 6.61. The van der Waals surface area contributed by atoms with Gasteiger partial charge in [-0.15, -0.1) is 24.0 Å². The number of rotatable bonds is 4. The molecule has 2 saturated heterocycles. The molecule has 0 bridgehead atoms. The number of guanidine groups is 1. The van der Waals surface area contributed by atoms with E-state index in [0.717, 1.165) is 69.8 Å². The third kappa shape index (κ3) is 5.66. The van der Waals surface area contributed by atoms with Crippen LogP contribution < -0.4 is 10.6 Å². The smallest absolute Gasteiger partial charge is 0.191 e. The lowest BCUT2D eigenvalue weighted by Crippen LogP contribution is -2.47. The molecule has 0 saturated carbocycles. The molecule has 1 aromatic carbocycles. The molecule has 5 nitrogen and oxygen atoms in total. The largest absolute Gasteiger partial charge is 0.370 e. The number of hydrogen-bond donors (Lipinski definition) is 1. The lowest BCUT2D eigenvalue weighted by Gasteiger charge is -2.37. The molecular formula is C19H32IN5S. The van der Waals surface area contributed by atoms with E-state index in [1.807, 2.05) is 11.8 Å². The highest BCUT2D eigenvalue weighted by molar-refractivity contribution is 14.0. The van der Waals surface area contributed by atoms with E-state index in [-0.39, 0.29) is 24.0 Å². The SMILES string of the molecule is Cc1cccc(N2CCN(CCN=C(N)N3CCSCC3)CC2)c1C.I. The second-order valence-corrected chi connectivity index (χ2v) is 8.11. The maximum absolute atomic E-state index is 6.13. The zero-order valence-electron chi connectivity index (χ0n) is 16.0. The first-order chi connectivity index (χ1) is 12.1. The van der Waals surface area contributed by atoms with Gasteiger partial charge in [0.2, 0.25) is 0 Å². The Balaban J connectivity index is 0.00000243. The van der Waals surface area contributed by atoms with Crippen LogP contribution in [-0.2, 0) is 0 Å². The predicted octanol–water partition coefficient (Wildman–Crippen LogP) is 2.41. The fourth-order valence-corrected chi connectivity index (χ4v) is 4.39. The Kier molecular flexibility index (Phi) is 8.83. The van der Waals surface area contributed by atoms with Crippen molar-refractivity contribution in [3.05, 3.63) is 29.3 Å². The molecular weight excluding hydrogens is 457 g/mol. The van der Waals surface area contributed by atoms with Crippen LogP contribution in [-0.4, -0.2) is 79.6 Å². The fraction of sp³-hybridized carbons (Fsp3) is 0.632. The summed E-state index contributed by atoms with van der Waals surface area (Å²) in [6.45, 7) is 12.7.